The van der Waals surface area contributed by atoms with Crippen LogP contribution in [0, 0.1) is 5.92 Å². The van der Waals surface area contributed by atoms with E-state index in [1.165, 1.54) is 0 Å². The molecule has 0 aliphatic carbocycles. The van der Waals surface area contributed by atoms with Gasteiger partial charge in [0.1, 0.15) is 7.85 Å². The fourth-order valence-corrected chi connectivity index (χ4v) is 1.88. The Kier molecular flexibility index (Phi) is 2.12. The third-order valence-corrected chi connectivity index (χ3v) is 2.66. The van der Waals surface area contributed by atoms with Gasteiger partial charge in [-0.1, -0.05) is 0 Å². The Morgan fingerprint density at radius 2 is 2.17 bits per heavy atom. The van der Waals surface area contributed by atoms with Crippen LogP contribution in [0.1, 0.15) is 0 Å². The van der Waals surface area contributed by atoms with E-state index in [1.54, 1.807) is 0 Å². The maximum Gasteiger partial charge on any atom is 0.142 e. The van der Waals surface area contributed by atoms with Gasteiger partial charge in [0, 0.05) is 5.92 Å². The molecule has 2 fully saturated rings. The van der Waals surface area contributed by atoms with Crippen LogP contribution in [0.3, 0.4) is 0 Å². The third kappa shape index (κ3) is 1.27. The lowest BCUT2D eigenvalue weighted by Crippen LogP contribution is -2.33. The van der Waals surface area contributed by atoms with Crippen LogP contribution < -0.4 is 0 Å². The summed E-state index contributed by atoms with van der Waals surface area (Å²) in [6, 6.07) is -0.184. The summed E-state index contributed by atoms with van der Waals surface area (Å²) in [6.45, 7) is 0.653. The van der Waals surface area contributed by atoms with E-state index >= 15 is 0 Å². The zero-order chi connectivity index (χ0) is 8.72. The predicted molar refractivity (Wildman–Crippen MR) is 43.5 cm³/mol. The molecule has 0 radical (unpaired) electrons. The lowest BCUT2D eigenvalue weighted by molar-refractivity contribution is 0.0207. The van der Waals surface area contributed by atoms with Crippen LogP contribution in [0.15, 0.2) is 0 Å². The molecule has 12 heavy (non-hydrogen) atoms. The number of epoxide rings is 1. The van der Waals surface area contributed by atoms with E-state index in [0.717, 1.165) is 0 Å². The first kappa shape index (κ1) is 8.50. The van der Waals surface area contributed by atoms with Crippen LogP contribution in [0.2, 0.25) is 0 Å². The Labute approximate surface area is 71.9 Å². The number of rotatable bonds is 2. The SMILES string of the molecule is B[C@@H]1O[C@H](CO)C(C2CO2)C1O. The molecule has 0 amide bonds. The predicted octanol–water partition coefficient (Wildman–Crippen LogP) is -2.29. The second-order valence-corrected chi connectivity index (χ2v) is 3.50. The highest BCUT2D eigenvalue weighted by Crippen LogP contribution is 2.34. The Morgan fingerprint density at radius 3 is 2.67 bits per heavy atom. The van der Waals surface area contributed by atoms with Crippen molar-refractivity contribution in [1.29, 1.82) is 0 Å². The molecule has 68 valence electrons. The molecule has 2 heterocycles. The van der Waals surface area contributed by atoms with Crippen molar-refractivity contribution in [2.24, 2.45) is 5.92 Å². The fraction of sp³-hybridized carbons (Fsp3) is 1.00. The van der Waals surface area contributed by atoms with Crippen LogP contribution in [-0.4, -0.2) is 55.6 Å². The van der Waals surface area contributed by atoms with Gasteiger partial charge in [0.25, 0.3) is 0 Å². The van der Waals surface area contributed by atoms with Crippen LogP contribution in [-0.2, 0) is 9.47 Å². The van der Waals surface area contributed by atoms with Crippen molar-refractivity contribution in [1.82, 2.24) is 0 Å². The summed E-state index contributed by atoms with van der Waals surface area (Å²) in [4.78, 5) is 0. The first-order chi connectivity index (χ1) is 5.74. The van der Waals surface area contributed by atoms with Gasteiger partial charge in [-0.3, -0.25) is 0 Å². The Hall–Kier alpha value is -0.0951. The number of aliphatic hydroxyl groups excluding tert-OH is 2. The minimum Gasteiger partial charge on any atom is -0.394 e. The van der Waals surface area contributed by atoms with E-state index in [4.69, 9.17) is 14.6 Å². The third-order valence-electron chi connectivity index (χ3n) is 2.66. The van der Waals surface area contributed by atoms with Crippen molar-refractivity contribution in [2.45, 2.75) is 24.3 Å². The van der Waals surface area contributed by atoms with Gasteiger partial charge < -0.3 is 19.7 Å². The quantitative estimate of drug-likeness (QED) is 0.363. The average Bonchev–Trinajstić information content (AvgIpc) is 2.82. The summed E-state index contributed by atoms with van der Waals surface area (Å²) in [5.41, 5.74) is 0. The van der Waals surface area contributed by atoms with Gasteiger partial charge in [-0.25, -0.2) is 0 Å². The molecule has 0 aromatic carbocycles. The van der Waals surface area contributed by atoms with Crippen LogP contribution in [0.25, 0.3) is 0 Å². The van der Waals surface area contributed by atoms with Crippen molar-refractivity contribution in [2.75, 3.05) is 13.2 Å². The molecule has 5 heteroatoms. The fourth-order valence-electron chi connectivity index (χ4n) is 1.88. The summed E-state index contributed by atoms with van der Waals surface area (Å²) in [5, 5.41) is 18.6. The van der Waals surface area contributed by atoms with E-state index < -0.39 is 6.10 Å². The van der Waals surface area contributed by atoms with Gasteiger partial charge in [0.2, 0.25) is 0 Å². The summed E-state index contributed by atoms with van der Waals surface area (Å²) in [5.74, 6) is -0.0370. The Balaban J connectivity index is 2.05. The first-order valence-corrected chi connectivity index (χ1v) is 4.30. The molecule has 4 nitrogen and oxygen atoms in total. The number of ether oxygens (including phenoxy) is 2. The zero-order valence-electron chi connectivity index (χ0n) is 7.01. The molecule has 5 atom stereocenters. The maximum absolute atomic E-state index is 9.65. The number of hydrogen-bond acceptors (Lipinski definition) is 4. The van der Waals surface area contributed by atoms with E-state index in [-0.39, 0.29) is 30.7 Å². The lowest BCUT2D eigenvalue weighted by Gasteiger charge is -2.15. The highest BCUT2D eigenvalue weighted by molar-refractivity contribution is 6.11. The molecule has 0 spiro atoms. The normalized spacial score (nSPS) is 52.7. The second-order valence-electron chi connectivity index (χ2n) is 3.50. The monoisotopic (exact) mass is 172 g/mol. The molecule has 3 unspecified atom stereocenters. The Morgan fingerprint density at radius 1 is 1.50 bits per heavy atom. The molecule has 2 aliphatic rings. The summed E-state index contributed by atoms with van der Waals surface area (Å²) < 4.78 is 10.4. The van der Waals surface area contributed by atoms with Crippen molar-refractivity contribution in [3.8, 4) is 0 Å². The molecule has 0 bridgehead atoms. The smallest absolute Gasteiger partial charge is 0.142 e. The zero-order valence-corrected chi connectivity index (χ0v) is 7.01. The van der Waals surface area contributed by atoms with Crippen molar-refractivity contribution in [3.63, 3.8) is 0 Å². The van der Waals surface area contributed by atoms with Gasteiger partial charge in [0.15, 0.2) is 0 Å². The van der Waals surface area contributed by atoms with Gasteiger partial charge in [0.05, 0.1) is 37.5 Å². The molecule has 0 saturated carbocycles. The molecule has 2 aliphatic heterocycles. The summed E-state index contributed by atoms with van der Waals surface area (Å²) in [6.07, 6.45) is -0.640. The lowest BCUT2D eigenvalue weighted by atomic mass is 9.86. The Bertz CT molecular complexity index is 173. The van der Waals surface area contributed by atoms with E-state index in [0.29, 0.717) is 6.61 Å². The topological polar surface area (TPSA) is 62.2 Å². The van der Waals surface area contributed by atoms with E-state index in [9.17, 15) is 5.11 Å². The highest BCUT2D eigenvalue weighted by atomic mass is 16.6. The first-order valence-electron chi connectivity index (χ1n) is 4.30. The molecule has 2 N–H and O–H groups in total. The van der Waals surface area contributed by atoms with Crippen LogP contribution in [0.5, 0.6) is 0 Å². The average molecular weight is 172 g/mol. The van der Waals surface area contributed by atoms with Gasteiger partial charge >= 0.3 is 0 Å². The minimum atomic E-state index is -0.491. The van der Waals surface area contributed by atoms with Crippen molar-refractivity contribution >= 4 is 7.85 Å². The van der Waals surface area contributed by atoms with Crippen LogP contribution >= 0.6 is 0 Å². The van der Waals surface area contributed by atoms with Crippen molar-refractivity contribution < 1.29 is 19.7 Å². The summed E-state index contributed by atoms with van der Waals surface area (Å²) >= 11 is 0. The van der Waals surface area contributed by atoms with Crippen molar-refractivity contribution in [3.05, 3.63) is 0 Å². The van der Waals surface area contributed by atoms with E-state index in [1.807, 2.05) is 7.85 Å². The second kappa shape index (κ2) is 2.99. The standard InChI is InChI=1S/C7H13BO4/c8-7-6(10)5(4-2-11-4)3(1-9)12-7/h3-7,9-10H,1-2,8H2/t3-,4?,5?,6?,7-/m1/s1. The summed E-state index contributed by atoms with van der Waals surface area (Å²) in [7, 11) is 1.82. The van der Waals surface area contributed by atoms with Gasteiger partial charge in [-0.05, 0) is 0 Å². The highest BCUT2D eigenvalue weighted by Gasteiger charge is 2.49. The molecular weight excluding hydrogens is 159 g/mol. The maximum atomic E-state index is 9.65. The number of aliphatic hydroxyl groups is 2. The molecule has 2 rings (SSSR count). The largest absolute Gasteiger partial charge is 0.394 e. The molecular formula is C7H13BO4. The molecule has 0 aromatic heterocycles. The van der Waals surface area contributed by atoms with Crippen LogP contribution in [0.4, 0.5) is 0 Å². The number of hydrogen-bond donors (Lipinski definition) is 2. The molecule has 2 saturated heterocycles. The minimum absolute atomic E-state index is 0.0358. The van der Waals surface area contributed by atoms with E-state index in [2.05, 4.69) is 0 Å². The molecule has 0 aromatic rings. The van der Waals surface area contributed by atoms with Gasteiger partial charge in [-0.15, -0.1) is 0 Å². The van der Waals surface area contributed by atoms with Gasteiger partial charge in [-0.2, -0.15) is 0 Å².